The molecule has 25 heavy (non-hydrogen) atoms. The van der Waals surface area contributed by atoms with Crippen molar-refractivity contribution >= 4 is 26.6 Å². The van der Waals surface area contributed by atoms with Crippen LogP contribution in [0.3, 0.4) is 0 Å². The van der Waals surface area contributed by atoms with Crippen LogP contribution in [0.15, 0.2) is 0 Å². The molecule has 0 aromatic heterocycles. The monoisotopic (exact) mass is 360 g/mol. The van der Waals surface area contributed by atoms with Gasteiger partial charge >= 0.3 is 13.1 Å². The number of carbonyl (C=O) groups excluding carboxylic acids is 1. The molecule has 1 aromatic carbocycles. The van der Waals surface area contributed by atoms with E-state index in [1.165, 1.54) is 0 Å². The van der Waals surface area contributed by atoms with Crippen LogP contribution in [0, 0.1) is 32.2 Å². The molecule has 0 aliphatic heterocycles. The van der Waals surface area contributed by atoms with E-state index in [4.69, 9.17) is 4.74 Å². The molecular formula is C19H29BO4Si. The van der Waals surface area contributed by atoms with Gasteiger partial charge in [-0.25, -0.2) is 4.79 Å². The number of benzene rings is 1. The lowest BCUT2D eigenvalue weighted by Gasteiger charge is -2.23. The van der Waals surface area contributed by atoms with Gasteiger partial charge in [0.2, 0.25) is 0 Å². The van der Waals surface area contributed by atoms with E-state index in [0.29, 0.717) is 27.7 Å². The van der Waals surface area contributed by atoms with E-state index < -0.39 is 26.8 Å². The minimum absolute atomic E-state index is 0.325. The number of hydrogen-bond acceptors (Lipinski definition) is 4. The lowest BCUT2D eigenvalue weighted by molar-refractivity contribution is 0.00680. The fraction of sp³-hybridized carbons (Fsp3) is 0.526. The van der Waals surface area contributed by atoms with Crippen LogP contribution >= 0.6 is 0 Å². The van der Waals surface area contributed by atoms with Gasteiger partial charge < -0.3 is 14.8 Å². The van der Waals surface area contributed by atoms with Crippen molar-refractivity contribution in [3.05, 3.63) is 27.8 Å². The van der Waals surface area contributed by atoms with E-state index >= 15 is 0 Å². The maximum absolute atomic E-state index is 12.7. The third-order valence-corrected chi connectivity index (χ3v) is 4.61. The van der Waals surface area contributed by atoms with E-state index in [0.717, 1.165) is 5.56 Å². The summed E-state index contributed by atoms with van der Waals surface area (Å²) in [7, 11) is -3.30. The Labute approximate surface area is 152 Å². The Kier molecular flexibility index (Phi) is 6.33. The molecule has 136 valence electrons. The minimum Gasteiger partial charge on any atom is -0.456 e. The van der Waals surface area contributed by atoms with Crippen LogP contribution in [0.4, 0.5) is 0 Å². The molecule has 0 amide bonds. The summed E-state index contributed by atoms with van der Waals surface area (Å²) in [4.78, 5) is 12.7. The Bertz CT molecular complexity index is 744. The summed E-state index contributed by atoms with van der Waals surface area (Å²) in [5.41, 5.74) is 5.97. The Morgan fingerprint density at radius 1 is 1.04 bits per heavy atom. The quantitative estimate of drug-likeness (QED) is 0.483. The number of rotatable bonds is 2. The first kappa shape index (κ1) is 21.5. The molecule has 0 saturated carbocycles. The first-order chi connectivity index (χ1) is 11.2. The summed E-state index contributed by atoms with van der Waals surface area (Å²) in [6.45, 7) is 17.2. The standard InChI is InChI=1S/C19H29BO4Si/c1-12-15(10-11-25(7,8)9)13(2)17(20(22)23)14(3)16(12)18(21)24-19(4,5)6/h22-23H,1-9H3. The molecule has 0 spiro atoms. The first-order valence-corrected chi connectivity index (χ1v) is 11.9. The van der Waals surface area contributed by atoms with E-state index in [1.807, 2.05) is 13.8 Å². The van der Waals surface area contributed by atoms with Crippen molar-refractivity contribution in [3.8, 4) is 11.5 Å². The van der Waals surface area contributed by atoms with Crippen LogP contribution in [0.2, 0.25) is 19.6 Å². The van der Waals surface area contributed by atoms with Gasteiger partial charge in [0.25, 0.3) is 0 Å². The number of ether oxygens (including phenoxy) is 1. The molecule has 1 aromatic rings. The Hall–Kier alpha value is -1.55. The molecule has 1 rings (SSSR count). The highest BCUT2D eigenvalue weighted by Crippen LogP contribution is 2.23. The average molecular weight is 360 g/mol. The Morgan fingerprint density at radius 2 is 1.56 bits per heavy atom. The summed E-state index contributed by atoms with van der Waals surface area (Å²) in [6, 6.07) is 0. The van der Waals surface area contributed by atoms with Gasteiger partial charge in [-0.05, 0) is 63.7 Å². The molecular weight excluding hydrogens is 331 g/mol. The number of hydrogen-bond donors (Lipinski definition) is 2. The van der Waals surface area contributed by atoms with Crippen LogP contribution in [0.25, 0.3) is 0 Å². The average Bonchev–Trinajstić information content (AvgIpc) is 2.33. The summed E-state index contributed by atoms with van der Waals surface area (Å²) < 4.78 is 5.52. The zero-order valence-electron chi connectivity index (χ0n) is 16.8. The van der Waals surface area contributed by atoms with Crippen molar-refractivity contribution in [1.82, 2.24) is 0 Å². The largest absolute Gasteiger partial charge is 0.489 e. The van der Waals surface area contributed by atoms with Gasteiger partial charge in [-0.3, -0.25) is 0 Å². The van der Waals surface area contributed by atoms with Gasteiger partial charge in [-0.2, -0.15) is 0 Å². The van der Waals surface area contributed by atoms with Crippen molar-refractivity contribution in [1.29, 1.82) is 0 Å². The summed E-state index contributed by atoms with van der Waals surface area (Å²) in [5, 5.41) is 19.7. The van der Waals surface area contributed by atoms with Crippen LogP contribution < -0.4 is 5.46 Å². The van der Waals surface area contributed by atoms with E-state index in [-0.39, 0.29) is 0 Å². The lowest BCUT2D eigenvalue weighted by atomic mass is 9.70. The number of carbonyl (C=O) groups is 1. The van der Waals surface area contributed by atoms with E-state index in [2.05, 4.69) is 31.1 Å². The molecule has 0 saturated heterocycles. The highest BCUT2D eigenvalue weighted by Gasteiger charge is 2.29. The SMILES string of the molecule is Cc1c(C#C[Si](C)(C)C)c(C)c(C(=O)OC(C)(C)C)c(C)c1B(O)O. The fourth-order valence-electron chi connectivity index (χ4n) is 2.70. The van der Waals surface area contributed by atoms with Crippen LogP contribution in [-0.2, 0) is 4.74 Å². The molecule has 0 aliphatic rings. The van der Waals surface area contributed by atoms with Crippen molar-refractivity contribution in [2.45, 2.75) is 66.8 Å². The second kappa shape index (κ2) is 7.37. The molecule has 0 heterocycles. The van der Waals surface area contributed by atoms with Gasteiger partial charge in [0.1, 0.15) is 13.7 Å². The first-order valence-electron chi connectivity index (χ1n) is 8.42. The van der Waals surface area contributed by atoms with Crippen LogP contribution in [0.5, 0.6) is 0 Å². The van der Waals surface area contributed by atoms with Crippen LogP contribution in [0.1, 0.15) is 53.4 Å². The fourth-order valence-corrected chi connectivity index (χ4v) is 3.20. The smallest absolute Gasteiger partial charge is 0.456 e. The maximum atomic E-state index is 12.7. The van der Waals surface area contributed by atoms with E-state index in [1.54, 1.807) is 27.7 Å². The van der Waals surface area contributed by atoms with E-state index in [9.17, 15) is 14.8 Å². The second-order valence-corrected chi connectivity index (χ2v) is 13.2. The summed E-state index contributed by atoms with van der Waals surface area (Å²) in [6.07, 6.45) is 0. The van der Waals surface area contributed by atoms with Gasteiger partial charge in [0.05, 0.1) is 5.56 Å². The summed E-state index contributed by atoms with van der Waals surface area (Å²) >= 11 is 0. The van der Waals surface area contributed by atoms with Crippen molar-refractivity contribution in [3.63, 3.8) is 0 Å². The topological polar surface area (TPSA) is 66.8 Å². The van der Waals surface area contributed by atoms with Crippen LogP contribution in [-0.4, -0.2) is 36.8 Å². The Balaban J connectivity index is 3.75. The molecule has 0 radical (unpaired) electrons. The highest BCUT2D eigenvalue weighted by molar-refractivity contribution is 6.83. The molecule has 4 nitrogen and oxygen atoms in total. The molecule has 0 atom stereocenters. The summed E-state index contributed by atoms with van der Waals surface area (Å²) in [5.74, 6) is 2.71. The third kappa shape index (κ3) is 5.47. The minimum atomic E-state index is -1.67. The molecule has 6 heteroatoms. The van der Waals surface area contributed by atoms with Gasteiger partial charge in [-0.1, -0.05) is 25.6 Å². The second-order valence-electron chi connectivity index (χ2n) is 8.41. The predicted molar refractivity (Wildman–Crippen MR) is 106 cm³/mol. The maximum Gasteiger partial charge on any atom is 0.489 e. The zero-order valence-corrected chi connectivity index (χ0v) is 17.8. The molecule has 0 aliphatic carbocycles. The van der Waals surface area contributed by atoms with Gasteiger partial charge in [0, 0.05) is 5.56 Å². The Morgan fingerprint density at radius 3 is 1.96 bits per heavy atom. The molecule has 0 unspecified atom stereocenters. The number of esters is 1. The normalized spacial score (nSPS) is 11.6. The third-order valence-electron chi connectivity index (χ3n) is 3.73. The van der Waals surface area contributed by atoms with Crippen molar-refractivity contribution < 1.29 is 19.6 Å². The van der Waals surface area contributed by atoms with Gasteiger partial charge in [0.15, 0.2) is 0 Å². The molecule has 0 bridgehead atoms. The molecule has 2 N–H and O–H groups in total. The predicted octanol–water partition coefficient (Wildman–Crippen LogP) is 2.48. The zero-order chi connectivity index (χ0) is 19.7. The van der Waals surface area contributed by atoms with Crippen molar-refractivity contribution in [2.24, 2.45) is 0 Å². The highest BCUT2D eigenvalue weighted by atomic mass is 28.3. The molecule has 0 fully saturated rings. The van der Waals surface area contributed by atoms with Gasteiger partial charge in [-0.15, -0.1) is 5.54 Å². The lowest BCUT2D eigenvalue weighted by Crippen LogP contribution is -2.38. The van der Waals surface area contributed by atoms with Crippen molar-refractivity contribution in [2.75, 3.05) is 0 Å².